The number of nitrogens with zero attached hydrogens (tertiary/aromatic N) is 2. The fourth-order valence-electron chi connectivity index (χ4n) is 4.61. The smallest absolute Gasteiger partial charge is 0.291 e. The molecule has 0 bridgehead atoms. The lowest BCUT2D eigenvalue weighted by atomic mass is 10.1. The molecule has 1 saturated heterocycles. The Morgan fingerprint density at radius 1 is 0.974 bits per heavy atom. The van der Waals surface area contributed by atoms with Gasteiger partial charge >= 0.3 is 0 Å². The zero-order chi connectivity index (χ0) is 27.0. The van der Waals surface area contributed by atoms with Gasteiger partial charge in [-0.05, 0) is 61.0 Å². The highest BCUT2D eigenvalue weighted by Crippen LogP contribution is 2.34. The molecule has 0 aliphatic carbocycles. The van der Waals surface area contributed by atoms with E-state index in [0.717, 1.165) is 22.4 Å². The van der Waals surface area contributed by atoms with Crippen molar-refractivity contribution in [2.45, 2.75) is 11.8 Å². The van der Waals surface area contributed by atoms with E-state index in [1.807, 2.05) is 25.1 Å². The van der Waals surface area contributed by atoms with Crippen LogP contribution >= 0.6 is 23.2 Å². The Morgan fingerprint density at radius 3 is 2.32 bits per heavy atom. The van der Waals surface area contributed by atoms with Crippen molar-refractivity contribution in [3.8, 4) is 5.75 Å². The number of ether oxygens (including phenoxy) is 1. The number of nitrogens with one attached hydrogen (secondary N) is 1. The number of piperazine rings is 1. The Kier molecular flexibility index (Phi) is 7.28. The number of methoxy groups -OCH3 is 1. The second-order valence-electron chi connectivity index (χ2n) is 8.88. The van der Waals surface area contributed by atoms with Crippen molar-refractivity contribution < 1.29 is 22.4 Å². The number of benzene rings is 3. The highest BCUT2D eigenvalue weighted by Gasteiger charge is 2.32. The molecule has 1 N–H and O–H groups in total. The van der Waals surface area contributed by atoms with Crippen LogP contribution in [0.3, 0.4) is 0 Å². The predicted octanol–water partition coefficient (Wildman–Crippen LogP) is 5.82. The first-order valence-electron chi connectivity index (χ1n) is 11.9. The van der Waals surface area contributed by atoms with Gasteiger partial charge in [0, 0.05) is 42.9 Å². The summed E-state index contributed by atoms with van der Waals surface area (Å²) in [5.74, 6) is 0.541. The fraction of sp³-hybridized carbons (Fsp3) is 0.222. The Hall–Kier alpha value is -3.24. The summed E-state index contributed by atoms with van der Waals surface area (Å²) in [6, 6.07) is 17.3. The van der Waals surface area contributed by atoms with Gasteiger partial charge in [-0.2, -0.15) is 4.31 Å². The number of anilines is 2. The van der Waals surface area contributed by atoms with E-state index in [1.54, 1.807) is 37.4 Å². The molecule has 3 aromatic carbocycles. The molecular weight excluding hydrogens is 549 g/mol. The molecular formula is C27H25Cl2N3O5S. The van der Waals surface area contributed by atoms with E-state index in [2.05, 4.69) is 10.2 Å². The Morgan fingerprint density at radius 2 is 1.66 bits per heavy atom. The first kappa shape index (κ1) is 26.4. The van der Waals surface area contributed by atoms with Crippen LogP contribution in [0.15, 0.2) is 70.0 Å². The third-order valence-corrected chi connectivity index (χ3v) is 9.37. The minimum Gasteiger partial charge on any atom is -0.496 e. The zero-order valence-corrected chi connectivity index (χ0v) is 23.0. The molecule has 1 aliphatic heterocycles. The Bertz CT molecular complexity index is 1610. The number of hydrogen-bond donors (Lipinski definition) is 1. The van der Waals surface area contributed by atoms with Gasteiger partial charge in [0.2, 0.25) is 10.0 Å². The first-order valence-corrected chi connectivity index (χ1v) is 14.1. The summed E-state index contributed by atoms with van der Waals surface area (Å²) in [6.45, 7) is 3.29. The number of carbonyl (C=O) groups is 1. The normalized spacial score (nSPS) is 14.6. The molecule has 38 heavy (non-hydrogen) atoms. The molecule has 0 atom stereocenters. The van der Waals surface area contributed by atoms with Crippen LogP contribution in [-0.4, -0.2) is 51.9 Å². The van der Waals surface area contributed by atoms with Crippen molar-refractivity contribution in [2.75, 3.05) is 43.5 Å². The van der Waals surface area contributed by atoms with Crippen LogP contribution in [0.2, 0.25) is 10.0 Å². The molecule has 8 nitrogen and oxygen atoms in total. The Balaban J connectivity index is 1.34. The number of fused-ring (bicyclic) bond motifs is 1. The van der Waals surface area contributed by atoms with Gasteiger partial charge in [-0.15, -0.1) is 0 Å². The average Bonchev–Trinajstić information content (AvgIpc) is 3.34. The van der Waals surface area contributed by atoms with Crippen LogP contribution in [0.1, 0.15) is 16.1 Å². The summed E-state index contributed by atoms with van der Waals surface area (Å²) < 4.78 is 39.0. The van der Waals surface area contributed by atoms with Crippen LogP contribution in [0, 0.1) is 6.92 Å². The number of furan rings is 1. The summed E-state index contributed by atoms with van der Waals surface area (Å²) in [5, 5.41) is 3.82. The average molecular weight is 574 g/mol. The van der Waals surface area contributed by atoms with Crippen LogP contribution < -0.4 is 15.0 Å². The molecule has 5 rings (SSSR count). The first-order chi connectivity index (χ1) is 18.2. The number of carbonyl (C=O) groups excluding carboxylic acids is 1. The number of rotatable bonds is 6. The molecule has 0 unspecified atom stereocenters. The maximum absolute atomic E-state index is 13.2. The van der Waals surface area contributed by atoms with Gasteiger partial charge in [0.25, 0.3) is 5.91 Å². The van der Waals surface area contributed by atoms with Gasteiger partial charge in [-0.1, -0.05) is 35.3 Å². The highest BCUT2D eigenvalue weighted by molar-refractivity contribution is 7.89. The van der Waals surface area contributed by atoms with Gasteiger partial charge < -0.3 is 19.4 Å². The standard InChI is InChI=1S/C27H25Cl2N3O5S/c1-17-15-18(9-10-23(17)36-2)30-27(33)25-16-19-22(7-4-8-24(19)37-25)31-11-13-32(14-12-31)38(34,35)26-20(28)5-3-6-21(26)29/h3-10,15-16H,11-14H2,1-2H3,(H,30,33). The molecule has 4 aromatic rings. The Labute approximate surface area is 230 Å². The van der Waals surface area contributed by atoms with Crippen LogP contribution in [0.25, 0.3) is 11.0 Å². The van der Waals surface area contributed by atoms with Crippen molar-refractivity contribution >= 4 is 61.5 Å². The molecule has 1 amide bonds. The zero-order valence-electron chi connectivity index (χ0n) is 20.7. The van der Waals surface area contributed by atoms with Crippen molar-refractivity contribution in [3.63, 3.8) is 0 Å². The second kappa shape index (κ2) is 10.5. The van der Waals surface area contributed by atoms with E-state index in [1.165, 1.54) is 16.4 Å². The summed E-state index contributed by atoms with van der Waals surface area (Å²) in [7, 11) is -2.26. The third kappa shape index (κ3) is 4.94. The molecule has 1 fully saturated rings. The van der Waals surface area contributed by atoms with Gasteiger partial charge in [0.05, 0.1) is 17.2 Å². The van der Waals surface area contributed by atoms with E-state index >= 15 is 0 Å². The predicted molar refractivity (Wildman–Crippen MR) is 149 cm³/mol. The van der Waals surface area contributed by atoms with E-state index in [4.69, 9.17) is 32.4 Å². The lowest BCUT2D eigenvalue weighted by molar-refractivity contribution is 0.0998. The minimum absolute atomic E-state index is 0.0728. The summed E-state index contributed by atoms with van der Waals surface area (Å²) in [5.41, 5.74) is 2.95. The molecule has 1 aliphatic rings. The van der Waals surface area contributed by atoms with Crippen molar-refractivity contribution in [2.24, 2.45) is 0 Å². The monoisotopic (exact) mass is 573 g/mol. The van der Waals surface area contributed by atoms with Crippen LogP contribution in [0.4, 0.5) is 11.4 Å². The molecule has 0 saturated carbocycles. The minimum atomic E-state index is -3.85. The number of hydrogen-bond acceptors (Lipinski definition) is 6. The maximum Gasteiger partial charge on any atom is 0.291 e. The van der Waals surface area contributed by atoms with Gasteiger partial charge in [-0.25, -0.2) is 8.42 Å². The second-order valence-corrected chi connectivity index (χ2v) is 11.6. The maximum atomic E-state index is 13.2. The van der Waals surface area contributed by atoms with E-state index < -0.39 is 10.0 Å². The summed E-state index contributed by atoms with van der Waals surface area (Å²) >= 11 is 12.3. The fourth-order valence-corrected chi connectivity index (χ4v) is 7.12. The van der Waals surface area contributed by atoms with Crippen LogP contribution in [0.5, 0.6) is 5.75 Å². The number of halogens is 2. The van der Waals surface area contributed by atoms with Crippen LogP contribution in [-0.2, 0) is 10.0 Å². The van der Waals surface area contributed by atoms with Gasteiger partial charge in [0.1, 0.15) is 16.2 Å². The van der Waals surface area contributed by atoms with Gasteiger partial charge in [0.15, 0.2) is 5.76 Å². The lowest BCUT2D eigenvalue weighted by Gasteiger charge is -2.35. The molecule has 0 spiro atoms. The van der Waals surface area contributed by atoms with Crippen molar-refractivity contribution in [1.29, 1.82) is 0 Å². The van der Waals surface area contributed by atoms with Crippen molar-refractivity contribution in [3.05, 3.63) is 82.0 Å². The summed E-state index contributed by atoms with van der Waals surface area (Å²) in [4.78, 5) is 14.9. The lowest BCUT2D eigenvalue weighted by Crippen LogP contribution is -2.48. The van der Waals surface area contributed by atoms with E-state index in [-0.39, 0.29) is 39.7 Å². The topological polar surface area (TPSA) is 92.1 Å². The quantitative estimate of drug-likeness (QED) is 0.312. The largest absolute Gasteiger partial charge is 0.496 e. The number of aryl methyl sites for hydroxylation is 1. The number of sulfonamides is 1. The third-order valence-electron chi connectivity index (χ3n) is 6.51. The molecule has 0 radical (unpaired) electrons. The molecule has 1 aromatic heterocycles. The number of amides is 1. The molecule has 2 heterocycles. The van der Waals surface area contributed by atoms with E-state index in [0.29, 0.717) is 24.4 Å². The van der Waals surface area contributed by atoms with Crippen molar-refractivity contribution in [1.82, 2.24) is 4.31 Å². The summed E-state index contributed by atoms with van der Waals surface area (Å²) in [6.07, 6.45) is 0. The van der Waals surface area contributed by atoms with E-state index in [9.17, 15) is 13.2 Å². The van der Waals surface area contributed by atoms with Gasteiger partial charge in [-0.3, -0.25) is 4.79 Å². The molecule has 11 heteroatoms. The molecule has 198 valence electrons. The highest BCUT2D eigenvalue weighted by atomic mass is 35.5. The SMILES string of the molecule is COc1ccc(NC(=O)c2cc3c(N4CCN(S(=O)(=O)c5c(Cl)cccc5Cl)CC4)cccc3o2)cc1C.